The third kappa shape index (κ3) is 3.87. The van der Waals surface area contributed by atoms with Crippen LogP contribution in [0.15, 0.2) is 41.3 Å². The second kappa shape index (κ2) is 6.66. The Morgan fingerprint density at radius 2 is 1.87 bits per heavy atom. The Morgan fingerprint density at radius 1 is 1.17 bits per heavy atom. The lowest BCUT2D eigenvalue weighted by atomic mass is 10.1. The molecule has 0 radical (unpaired) electrons. The van der Waals surface area contributed by atoms with Crippen LogP contribution in [-0.4, -0.2) is 21.4 Å². The first kappa shape index (κ1) is 17.4. The molecule has 0 atom stereocenters. The van der Waals surface area contributed by atoms with Crippen molar-refractivity contribution in [2.75, 3.05) is 12.4 Å². The highest BCUT2D eigenvalue weighted by atomic mass is 35.5. The number of rotatable bonds is 4. The van der Waals surface area contributed by atoms with Crippen LogP contribution in [0.2, 0.25) is 5.02 Å². The van der Waals surface area contributed by atoms with Gasteiger partial charge < -0.3 is 5.32 Å². The van der Waals surface area contributed by atoms with Gasteiger partial charge in [-0.15, -0.1) is 0 Å². The Morgan fingerprint density at radius 3 is 2.48 bits per heavy atom. The Bertz CT molecular complexity index is 869. The van der Waals surface area contributed by atoms with Gasteiger partial charge in [-0.1, -0.05) is 17.7 Å². The van der Waals surface area contributed by atoms with Crippen LogP contribution in [0, 0.1) is 12.7 Å². The summed E-state index contributed by atoms with van der Waals surface area (Å²) in [6.07, 6.45) is 0. The molecule has 0 saturated heterocycles. The molecular formula is C15H14ClFN2O3S. The van der Waals surface area contributed by atoms with E-state index in [1.165, 1.54) is 25.2 Å². The van der Waals surface area contributed by atoms with Gasteiger partial charge in [0.2, 0.25) is 10.0 Å². The van der Waals surface area contributed by atoms with Gasteiger partial charge in [0.25, 0.3) is 5.91 Å². The molecule has 0 bridgehead atoms. The second-order valence-corrected chi connectivity index (χ2v) is 7.06. The van der Waals surface area contributed by atoms with Crippen molar-refractivity contribution in [3.8, 4) is 0 Å². The molecule has 0 aliphatic heterocycles. The number of carbonyl (C=O) groups excluding carboxylic acids is 1. The van der Waals surface area contributed by atoms with Crippen LogP contribution < -0.4 is 10.0 Å². The Balaban J connectivity index is 2.36. The monoisotopic (exact) mass is 356 g/mol. The van der Waals surface area contributed by atoms with Gasteiger partial charge in [0, 0.05) is 5.69 Å². The zero-order chi connectivity index (χ0) is 17.2. The molecule has 0 saturated carbocycles. The minimum atomic E-state index is -3.63. The van der Waals surface area contributed by atoms with E-state index in [-0.39, 0.29) is 15.5 Å². The number of hydrogen-bond donors (Lipinski definition) is 2. The molecule has 0 aromatic heterocycles. The fourth-order valence-electron chi connectivity index (χ4n) is 1.88. The van der Waals surface area contributed by atoms with E-state index < -0.39 is 21.7 Å². The topological polar surface area (TPSA) is 75.3 Å². The molecule has 0 unspecified atom stereocenters. The van der Waals surface area contributed by atoms with Gasteiger partial charge in [0.05, 0.1) is 15.5 Å². The van der Waals surface area contributed by atoms with Gasteiger partial charge in [-0.3, -0.25) is 4.79 Å². The van der Waals surface area contributed by atoms with Crippen molar-refractivity contribution in [2.24, 2.45) is 0 Å². The fraction of sp³-hybridized carbons (Fsp3) is 0.133. The summed E-state index contributed by atoms with van der Waals surface area (Å²) in [6, 6.07) is 7.77. The molecule has 0 heterocycles. The fourth-order valence-corrected chi connectivity index (χ4v) is 2.89. The van der Waals surface area contributed by atoms with Crippen LogP contribution in [-0.2, 0) is 10.0 Å². The smallest absolute Gasteiger partial charge is 0.257 e. The Kier molecular flexibility index (Phi) is 5.03. The van der Waals surface area contributed by atoms with Gasteiger partial charge in [-0.2, -0.15) is 0 Å². The summed E-state index contributed by atoms with van der Waals surface area (Å²) < 4.78 is 38.9. The molecular weight excluding hydrogens is 343 g/mol. The Labute approximate surface area is 138 Å². The lowest BCUT2D eigenvalue weighted by Gasteiger charge is -2.11. The third-order valence-electron chi connectivity index (χ3n) is 3.21. The lowest BCUT2D eigenvalue weighted by Crippen LogP contribution is -2.19. The molecule has 2 N–H and O–H groups in total. The van der Waals surface area contributed by atoms with Gasteiger partial charge in [-0.25, -0.2) is 17.5 Å². The van der Waals surface area contributed by atoms with Crippen LogP contribution in [0.25, 0.3) is 0 Å². The first-order valence-electron chi connectivity index (χ1n) is 6.55. The molecule has 0 fully saturated rings. The Hall–Kier alpha value is -1.96. The van der Waals surface area contributed by atoms with Gasteiger partial charge in [0.15, 0.2) is 0 Å². The van der Waals surface area contributed by atoms with Gasteiger partial charge >= 0.3 is 0 Å². The molecule has 0 aliphatic carbocycles. The van der Waals surface area contributed by atoms with Crippen molar-refractivity contribution in [2.45, 2.75) is 11.8 Å². The van der Waals surface area contributed by atoms with Crippen molar-refractivity contribution < 1.29 is 17.6 Å². The molecule has 122 valence electrons. The maximum Gasteiger partial charge on any atom is 0.257 e. The second-order valence-electron chi connectivity index (χ2n) is 4.76. The molecule has 1 amide bonds. The summed E-state index contributed by atoms with van der Waals surface area (Å²) in [5.41, 5.74) is 1.09. The van der Waals surface area contributed by atoms with E-state index in [0.29, 0.717) is 11.3 Å². The van der Waals surface area contributed by atoms with Crippen LogP contribution in [0.1, 0.15) is 15.9 Å². The number of anilines is 1. The van der Waals surface area contributed by atoms with Crippen molar-refractivity contribution in [3.05, 3.63) is 58.4 Å². The van der Waals surface area contributed by atoms with E-state index in [1.54, 1.807) is 13.0 Å². The van der Waals surface area contributed by atoms with Crippen molar-refractivity contribution in [1.82, 2.24) is 4.72 Å². The zero-order valence-corrected chi connectivity index (χ0v) is 13.9. The molecule has 2 aromatic rings. The maximum atomic E-state index is 13.0. The quantitative estimate of drug-likeness (QED) is 0.884. The van der Waals surface area contributed by atoms with Crippen LogP contribution in [0.3, 0.4) is 0 Å². The van der Waals surface area contributed by atoms with E-state index in [0.717, 1.165) is 12.1 Å². The third-order valence-corrected chi connectivity index (χ3v) is 4.94. The summed E-state index contributed by atoms with van der Waals surface area (Å²) in [6.45, 7) is 1.72. The van der Waals surface area contributed by atoms with Crippen molar-refractivity contribution >= 4 is 33.2 Å². The summed E-state index contributed by atoms with van der Waals surface area (Å²) >= 11 is 5.85. The standard InChI is InChI=1S/C15H14ClFN2O3S/c1-9-3-5-11(23(21,22)18-2)8-14(9)19-15(20)12-6-4-10(17)7-13(12)16/h3-8,18H,1-2H3,(H,19,20). The average Bonchev–Trinajstić information content (AvgIpc) is 2.49. The van der Waals surface area contributed by atoms with E-state index in [2.05, 4.69) is 10.0 Å². The number of halogens is 2. The number of aryl methyl sites for hydroxylation is 1. The van der Waals surface area contributed by atoms with Crippen LogP contribution in [0.4, 0.5) is 10.1 Å². The van der Waals surface area contributed by atoms with E-state index in [4.69, 9.17) is 11.6 Å². The summed E-state index contributed by atoms with van der Waals surface area (Å²) in [4.78, 5) is 12.3. The first-order chi connectivity index (χ1) is 10.7. The number of carbonyl (C=O) groups is 1. The van der Waals surface area contributed by atoms with E-state index in [9.17, 15) is 17.6 Å². The van der Waals surface area contributed by atoms with Crippen LogP contribution in [0.5, 0.6) is 0 Å². The molecule has 0 aliphatic rings. The highest BCUT2D eigenvalue weighted by Gasteiger charge is 2.16. The molecule has 8 heteroatoms. The molecule has 2 rings (SSSR count). The van der Waals surface area contributed by atoms with Crippen molar-refractivity contribution in [3.63, 3.8) is 0 Å². The van der Waals surface area contributed by atoms with Gasteiger partial charge in [-0.05, 0) is 49.9 Å². The summed E-state index contributed by atoms with van der Waals surface area (Å²) in [7, 11) is -2.33. The maximum absolute atomic E-state index is 13.0. The average molecular weight is 357 g/mol. The summed E-state index contributed by atoms with van der Waals surface area (Å²) in [5.74, 6) is -1.11. The predicted molar refractivity (Wildman–Crippen MR) is 86.8 cm³/mol. The molecule has 5 nitrogen and oxygen atoms in total. The van der Waals surface area contributed by atoms with Crippen LogP contribution >= 0.6 is 11.6 Å². The number of hydrogen-bond acceptors (Lipinski definition) is 3. The zero-order valence-electron chi connectivity index (χ0n) is 12.4. The highest BCUT2D eigenvalue weighted by Crippen LogP contribution is 2.23. The van der Waals surface area contributed by atoms with E-state index >= 15 is 0 Å². The number of benzene rings is 2. The normalized spacial score (nSPS) is 11.3. The number of sulfonamides is 1. The highest BCUT2D eigenvalue weighted by molar-refractivity contribution is 7.89. The predicted octanol–water partition coefficient (Wildman–Crippen LogP) is 2.95. The van der Waals surface area contributed by atoms with Gasteiger partial charge in [0.1, 0.15) is 5.82 Å². The minimum absolute atomic E-state index is 0.0195. The number of nitrogens with one attached hydrogen (secondary N) is 2. The molecule has 23 heavy (non-hydrogen) atoms. The first-order valence-corrected chi connectivity index (χ1v) is 8.41. The van der Waals surface area contributed by atoms with Crippen molar-refractivity contribution in [1.29, 1.82) is 0 Å². The SMILES string of the molecule is CNS(=O)(=O)c1ccc(C)c(NC(=O)c2ccc(F)cc2Cl)c1. The van der Waals surface area contributed by atoms with E-state index in [1.807, 2.05) is 0 Å². The molecule has 0 spiro atoms. The summed E-state index contributed by atoms with van der Waals surface area (Å²) in [5, 5.41) is 2.56. The largest absolute Gasteiger partial charge is 0.322 e. The number of amides is 1. The molecule has 2 aromatic carbocycles. The lowest BCUT2D eigenvalue weighted by molar-refractivity contribution is 0.102. The minimum Gasteiger partial charge on any atom is -0.322 e.